The van der Waals surface area contributed by atoms with Crippen LogP contribution < -0.4 is 5.32 Å². The summed E-state index contributed by atoms with van der Waals surface area (Å²) in [5.41, 5.74) is -0.517. The summed E-state index contributed by atoms with van der Waals surface area (Å²) in [5.74, 6) is -1.27. The number of hydrogen-bond acceptors (Lipinski definition) is 5. The molecule has 0 unspecified atom stereocenters. The maximum atomic E-state index is 12.7. The molecule has 2 N–H and O–H groups in total. The number of esters is 1. The van der Waals surface area contributed by atoms with Crippen molar-refractivity contribution >= 4 is 25.5 Å². The van der Waals surface area contributed by atoms with E-state index in [4.69, 9.17) is 0 Å². The molecule has 1 saturated heterocycles. The van der Waals surface area contributed by atoms with Gasteiger partial charge in [0, 0.05) is 13.0 Å². The number of β-amino-alcohol motifs (C(OH)–C–C–N with tert-alkyl or cyclic N) is 1. The monoisotopic (exact) mass is 298 g/mol. The van der Waals surface area contributed by atoms with Crippen LogP contribution in [0.25, 0.3) is 0 Å². The van der Waals surface area contributed by atoms with E-state index in [1.165, 1.54) is 19.9 Å². The number of rotatable bonds is 3. The first kappa shape index (κ1) is 17.5. The van der Waals surface area contributed by atoms with Crippen LogP contribution in [0.4, 0.5) is 4.79 Å². The normalized spacial score (nSPS) is 23.6. The van der Waals surface area contributed by atoms with Gasteiger partial charge in [0.2, 0.25) is 13.8 Å². The Hall–Kier alpha value is -1.57. The molecule has 2 amide bonds. The molecule has 3 atom stereocenters. The smallest absolute Gasteiger partial charge is 0.328 e. The minimum absolute atomic E-state index is 0.0603. The zero-order chi connectivity index (χ0) is 16.4. The van der Waals surface area contributed by atoms with Crippen molar-refractivity contribution in [2.24, 2.45) is 5.41 Å². The Kier molecular flexibility index (Phi) is 5.39. The largest absolute Gasteiger partial charge is 0.467 e. The van der Waals surface area contributed by atoms with Crippen LogP contribution in [0.3, 0.4) is 0 Å². The molecule has 0 bridgehead atoms. The third-order valence-electron chi connectivity index (χ3n) is 3.50. The molecule has 0 aromatic carbocycles. The quantitative estimate of drug-likeness (QED) is 0.508. The molecule has 1 heterocycles. The van der Waals surface area contributed by atoms with E-state index in [1.807, 2.05) is 20.8 Å². The predicted molar refractivity (Wildman–Crippen MR) is 78.5 cm³/mol. The van der Waals surface area contributed by atoms with Gasteiger partial charge >= 0.3 is 5.97 Å². The minimum atomic E-state index is -0.809. The van der Waals surface area contributed by atoms with Gasteiger partial charge < -0.3 is 20.1 Å². The fraction of sp³-hybridized carbons (Fsp3) is 0.769. The van der Waals surface area contributed by atoms with Crippen molar-refractivity contribution in [2.45, 2.75) is 45.4 Å². The number of aliphatic hydroxyl groups is 1. The van der Waals surface area contributed by atoms with E-state index < -0.39 is 29.6 Å². The number of ether oxygens (including phenoxy) is 1. The Morgan fingerprint density at radius 1 is 1.38 bits per heavy atom. The lowest BCUT2D eigenvalue weighted by atomic mass is 9.85. The average molecular weight is 298 g/mol. The van der Waals surface area contributed by atoms with E-state index >= 15 is 0 Å². The zero-order valence-electron chi connectivity index (χ0n) is 13.2. The number of methoxy groups -OCH3 is 1. The molecule has 0 saturated carbocycles. The Labute approximate surface area is 125 Å². The van der Waals surface area contributed by atoms with E-state index in [1.54, 1.807) is 0 Å². The van der Waals surface area contributed by atoms with Gasteiger partial charge in [-0.25, -0.2) is 4.79 Å². The van der Waals surface area contributed by atoms with Crippen LogP contribution in [0.2, 0.25) is 0 Å². The van der Waals surface area contributed by atoms with E-state index in [9.17, 15) is 19.5 Å². The van der Waals surface area contributed by atoms with Gasteiger partial charge in [0.05, 0.1) is 13.2 Å². The Morgan fingerprint density at radius 3 is 2.38 bits per heavy atom. The van der Waals surface area contributed by atoms with Crippen molar-refractivity contribution in [2.75, 3.05) is 13.7 Å². The van der Waals surface area contributed by atoms with Crippen LogP contribution in [0.1, 0.15) is 27.2 Å². The summed E-state index contributed by atoms with van der Waals surface area (Å²) in [6.45, 7) is 5.53. The molecule has 21 heavy (non-hydrogen) atoms. The molecule has 1 aliphatic heterocycles. The van der Waals surface area contributed by atoms with Gasteiger partial charge in [-0.15, -0.1) is 0 Å². The maximum absolute atomic E-state index is 12.7. The number of hydrogen-bond donors (Lipinski definition) is 2. The number of likely N-dealkylation sites (tertiary alicyclic amines) is 1. The summed E-state index contributed by atoms with van der Waals surface area (Å²) in [4.78, 5) is 37.1. The highest BCUT2D eigenvalue weighted by molar-refractivity contribution is 6.57. The van der Waals surface area contributed by atoms with E-state index in [-0.39, 0.29) is 24.7 Å². The first-order valence-corrected chi connectivity index (χ1v) is 6.91. The van der Waals surface area contributed by atoms with Crippen molar-refractivity contribution in [1.82, 2.24) is 10.2 Å². The number of nitrogens with zero attached hydrogens (tertiary/aromatic N) is 1. The van der Waals surface area contributed by atoms with Gasteiger partial charge in [-0.05, 0) is 5.41 Å². The average Bonchev–Trinajstić information content (AvgIpc) is 2.74. The number of aliphatic hydroxyl groups excluding tert-OH is 1. The molecule has 0 aliphatic carbocycles. The van der Waals surface area contributed by atoms with E-state index in [0.29, 0.717) is 0 Å². The van der Waals surface area contributed by atoms with Gasteiger partial charge in [0.25, 0.3) is 0 Å². The molecule has 8 heteroatoms. The molecule has 118 valence electrons. The second-order valence-corrected chi connectivity index (χ2v) is 6.42. The first-order valence-electron chi connectivity index (χ1n) is 6.91. The molecule has 7 nitrogen and oxygen atoms in total. The van der Waals surface area contributed by atoms with Gasteiger partial charge in [-0.2, -0.15) is 0 Å². The standard InChI is InChI=1S/C13H23BN2O5/c1-13(2,3)9(15-12(14)20)10(18)16-6-7(17)5-8(16)11(19)21-4/h7-9,17H,5-6,14H2,1-4H3,(H,15,20)/t7-,8+,9-/m1/s1. The first-order chi connectivity index (χ1) is 9.57. The molecular formula is C13H23BN2O5. The summed E-state index contributed by atoms with van der Waals surface area (Å²) >= 11 is 0. The van der Waals surface area contributed by atoms with Gasteiger partial charge in [0.1, 0.15) is 12.1 Å². The molecule has 0 aromatic heterocycles. The molecule has 1 aliphatic rings. The van der Waals surface area contributed by atoms with Crippen molar-refractivity contribution in [3.8, 4) is 0 Å². The molecule has 1 rings (SSSR count). The lowest BCUT2D eigenvalue weighted by Crippen LogP contribution is -2.56. The van der Waals surface area contributed by atoms with Gasteiger partial charge in [-0.3, -0.25) is 9.59 Å². The second-order valence-electron chi connectivity index (χ2n) is 6.42. The molecule has 1 fully saturated rings. The van der Waals surface area contributed by atoms with Crippen LogP contribution in [0.15, 0.2) is 0 Å². The lowest BCUT2D eigenvalue weighted by molar-refractivity contribution is -0.152. The highest BCUT2D eigenvalue weighted by Gasteiger charge is 2.44. The summed E-state index contributed by atoms with van der Waals surface area (Å²) in [7, 11) is 2.58. The minimum Gasteiger partial charge on any atom is -0.467 e. The molecular weight excluding hydrogens is 275 g/mol. The van der Waals surface area contributed by atoms with Crippen LogP contribution in [-0.2, 0) is 14.3 Å². The Balaban J connectivity index is 3.01. The van der Waals surface area contributed by atoms with Gasteiger partial charge in [0.15, 0.2) is 5.81 Å². The highest BCUT2D eigenvalue weighted by Crippen LogP contribution is 2.26. The zero-order valence-corrected chi connectivity index (χ0v) is 13.2. The highest BCUT2D eigenvalue weighted by atomic mass is 16.5. The summed E-state index contributed by atoms with van der Waals surface area (Å²) in [6, 6.07) is -1.58. The SMILES string of the molecule is BC(=O)N[C@H](C(=O)N1C[C@H](O)C[C@H]1C(=O)OC)C(C)(C)C. The van der Waals surface area contributed by atoms with Crippen molar-refractivity contribution < 1.29 is 24.2 Å². The van der Waals surface area contributed by atoms with Crippen LogP contribution >= 0.6 is 0 Å². The van der Waals surface area contributed by atoms with Crippen molar-refractivity contribution in [3.05, 3.63) is 0 Å². The predicted octanol–water partition coefficient (Wildman–Crippen LogP) is -1.12. The van der Waals surface area contributed by atoms with Crippen LogP contribution in [0, 0.1) is 5.41 Å². The number of carbonyl (C=O) groups excluding carboxylic acids is 3. The van der Waals surface area contributed by atoms with Crippen LogP contribution in [-0.4, -0.2) is 67.4 Å². The second kappa shape index (κ2) is 6.47. The van der Waals surface area contributed by atoms with E-state index in [2.05, 4.69) is 10.1 Å². The van der Waals surface area contributed by atoms with Gasteiger partial charge in [-0.1, -0.05) is 20.8 Å². The molecule has 0 radical (unpaired) electrons. The number of nitrogens with one attached hydrogen (secondary N) is 1. The Morgan fingerprint density at radius 2 is 1.95 bits per heavy atom. The summed E-state index contributed by atoms with van der Waals surface area (Å²) < 4.78 is 4.68. The lowest BCUT2D eigenvalue weighted by Gasteiger charge is -2.34. The Bertz CT molecular complexity index is 435. The van der Waals surface area contributed by atoms with E-state index in [0.717, 1.165) is 0 Å². The summed E-state index contributed by atoms with van der Waals surface area (Å²) in [6.07, 6.45) is -0.619. The molecule has 0 aromatic rings. The van der Waals surface area contributed by atoms with Crippen LogP contribution in [0.5, 0.6) is 0 Å². The number of amides is 2. The fourth-order valence-electron chi connectivity index (χ4n) is 2.43. The number of carbonyl (C=O) groups is 3. The third kappa shape index (κ3) is 4.20. The fourth-order valence-corrected chi connectivity index (χ4v) is 2.43. The topological polar surface area (TPSA) is 95.9 Å². The molecule has 0 spiro atoms. The summed E-state index contributed by atoms with van der Waals surface area (Å²) in [5, 5.41) is 12.4. The van der Waals surface area contributed by atoms with Crippen molar-refractivity contribution in [3.63, 3.8) is 0 Å². The third-order valence-corrected chi connectivity index (χ3v) is 3.50. The van der Waals surface area contributed by atoms with Crippen molar-refractivity contribution in [1.29, 1.82) is 0 Å². The maximum Gasteiger partial charge on any atom is 0.328 e.